The SMILES string of the molecule is CC1(C)CC1c1noc(/C=C/c2ccc(N)cc2)n1. The minimum absolute atomic E-state index is 0.321. The highest BCUT2D eigenvalue weighted by Gasteiger charge is 2.49. The molecular weight excluding hydrogens is 238 g/mol. The smallest absolute Gasteiger partial charge is 0.250 e. The van der Waals surface area contributed by atoms with E-state index in [1.807, 2.05) is 36.4 Å². The van der Waals surface area contributed by atoms with Crippen LogP contribution < -0.4 is 5.73 Å². The summed E-state index contributed by atoms with van der Waals surface area (Å²) in [6, 6.07) is 7.64. The summed E-state index contributed by atoms with van der Waals surface area (Å²) in [5, 5.41) is 4.04. The molecule has 4 nitrogen and oxygen atoms in total. The number of nitrogens with two attached hydrogens (primary N) is 1. The topological polar surface area (TPSA) is 64.9 Å². The van der Waals surface area contributed by atoms with Gasteiger partial charge in [0, 0.05) is 17.7 Å². The number of nitrogen functional groups attached to an aromatic ring is 1. The second kappa shape index (κ2) is 4.23. The number of hydrogen-bond donors (Lipinski definition) is 1. The number of nitrogens with zero attached hydrogens (tertiary/aromatic N) is 2. The number of benzene rings is 1. The average Bonchev–Trinajstić information content (AvgIpc) is 2.83. The first-order valence-electron chi connectivity index (χ1n) is 6.42. The Morgan fingerprint density at radius 3 is 2.58 bits per heavy atom. The molecule has 0 spiro atoms. The van der Waals surface area contributed by atoms with E-state index in [1.165, 1.54) is 0 Å². The second-order valence-electron chi connectivity index (χ2n) is 5.74. The van der Waals surface area contributed by atoms with E-state index < -0.39 is 0 Å². The van der Waals surface area contributed by atoms with Crippen LogP contribution in [0.4, 0.5) is 5.69 Å². The first-order valence-corrected chi connectivity index (χ1v) is 6.42. The zero-order valence-corrected chi connectivity index (χ0v) is 11.1. The Morgan fingerprint density at radius 2 is 1.95 bits per heavy atom. The lowest BCUT2D eigenvalue weighted by atomic mass is 10.1. The van der Waals surface area contributed by atoms with Gasteiger partial charge in [0.15, 0.2) is 5.82 Å². The third-order valence-corrected chi connectivity index (χ3v) is 3.64. The summed E-state index contributed by atoms with van der Waals surface area (Å²) < 4.78 is 5.23. The molecule has 2 aromatic rings. The molecule has 0 saturated heterocycles. The normalized spacial score (nSPS) is 20.8. The monoisotopic (exact) mass is 255 g/mol. The lowest BCUT2D eigenvalue weighted by molar-refractivity contribution is 0.400. The highest BCUT2D eigenvalue weighted by molar-refractivity contribution is 5.66. The molecule has 1 unspecified atom stereocenters. The molecule has 1 atom stereocenters. The van der Waals surface area contributed by atoms with Gasteiger partial charge in [-0.3, -0.25) is 0 Å². The second-order valence-corrected chi connectivity index (χ2v) is 5.74. The van der Waals surface area contributed by atoms with Crippen LogP contribution in [0.1, 0.15) is 43.5 Å². The molecular formula is C15H17N3O. The van der Waals surface area contributed by atoms with Crippen molar-refractivity contribution in [1.29, 1.82) is 0 Å². The van der Waals surface area contributed by atoms with Crippen LogP contribution in [0.5, 0.6) is 0 Å². The third kappa shape index (κ3) is 2.52. The van der Waals surface area contributed by atoms with Crippen molar-refractivity contribution in [2.24, 2.45) is 5.41 Å². The largest absolute Gasteiger partial charge is 0.399 e. The molecule has 0 amide bonds. The highest BCUT2D eigenvalue weighted by atomic mass is 16.5. The maximum Gasteiger partial charge on any atom is 0.250 e. The van der Waals surface area contributed by atoms with Gasteiger partial charge in [-0.2, -0.15) is 4.98 Å². The molecule has 1 heterocycles. The van der Waals surface area contributed by atoms with Gasteiger partial charge in [-0.25, -0.2) is 0 Å². The van der Waals surface area contributed by atoms with Gasteiger partial charge >= 0.3 is 0 Å². The summed E-state index contributed by atoms with van der Waals surface area (Å²) >= 11 is 0. The summed E-state index contributed by atoms with van der Waals surface area (Å²) in [4.78, 5) is 4.41. The van der Waals surface area contributed by atoms with Gasteiger partial charge < -0.3 is 10.3 Å². The van der Waals surface area contributed by atoms with Crippen molar-refractivity contribution in [2.45, 2.75) is 26.2 Å². The molecule has 0 aliphatic heterocycles. The van der Waals surface area contributed by atoms with Gasteiger partial charge in [-0.1, -0.05) is 31.1 Å². The lowest BCUT2D eigenvalue weighted by Crippen LogP contribution is -1.91. The molecule has 4 heteroatoms. The Hall–Kier alpha value is -2.10. The molecule has 19 heavy (non-hydrogen) atoms. The van der Waals surface area contributed by atoms with Gasteiger partial charge in [0.1, 0.15) is 0 Å². The molecule has 0 bridgehead atoms. The summed E-state index contributed by atoms with van der Waals surface area (Å²) in [7, 11) is 0. The van der Waals surface area contributed by atoms with E-state index in [0.29, 0.717) is 17.2 Å². The minimum Gasteiger partial charge on any atom is -0.399 e. The Morgan fingerprint density at radius 1 is 1.26 bits per heavy atom. The molecule has 1 aliphatic rings. The zero-order chi connectivity index (χ0) is 13.5. The van der Waals surface area contributed by atoms with Crippen molar-refractivity contribution in [2.75, 3.05) is 5.73 Å². The maximum absolute atomic E-state index is 5.64. The fourth-order valence-electron chi connectivity index (χ4n) is 2.14. The van der Waals surface area contributed by atoms with Crippen LogP contribution in [0.2, 0.25) is 0 Å². The van der Waals surface area contributed by atoms with Crippen molar-refractivity contribution in [3.63, 3.8) is 0 Å². The molecule has 1 aliphatic carbocycles. The van der Waals surface area contributed by atoms with E-state index in [-0.39, 0.29) is 0 Å². The van der Waals surface area contributed by atoms with Crippen LogP contribution in [-0.4, -0.2) is 10.1 Å². The van der Waals surface area contributed by atoms with E-state index in [4.69, 9.17) is 10.3 Å². The van der Waals surface area contributed by atoms with Crippen LogP contribution in [0.15, 0.2) is 28.8 Å². The molecule has 1 saturated carbocycles. The summed E-state index contributed by atoms with van der Waals surface area (Å²) in [6.07, 6.45) is 4.90. The molecule has 1 aromatic carbocycles. The van der Waals surface area contributed by atoms with Crippen LogP contribution in [0.3, 0.4) is 0 Å². The Bertz CT molecular complexity index is 611. The van der Waals surface area contributed by atoms with Gasteiger partial charge in [-0.15, -0.1) is 0 Å². The quantitative estimate of drug-likeness (QED) is 0.854. The van der Waals surface area contributed by atoms with Crippen molar-refractivity contribution in [3.05, 3.63) is 41.5 Å². The molecule has 1 fully saturated rings. The first-order chi connectivity index (χ1) is 9.04. The number of aromatic nitrogens is 2. The fourth-order valence-corrected chi connectivity index (χ4v) is 2.14. The van der Waals surface area contributed by atoms with Crippen molar-refractivity contribution >= 4 is 17.8 Å². The van der Waals surface area contributed by atoms with Crippen molar-refractivity contribution in [1.82, 2.24) is 10.1 Å². The summed E-state index contributed by atoms with van der Waals surface area (Å²) in [6.45, 7) is 4.44. The Kier molecular flexibility index (Phi) is 2.66. The number of anilines is 1. The van der Waals surface area contributed by atoms with Crippen LogP contribution in [0.25, 0.3) is 12.2 Å². The summed E-state index contributed by atoms with van der Waals surface area (Å²) in [5.41, 5.74) is 7.77. The average molecular weight is 255 g/mol. The van der Waals surface area contributed by atoms with E-state index in [9.17, 15) is 0 Å². The molecule has 0 radical (unpaired) electrons. The van der Waals surface area contributed by atoms with Gasteiger partial charge in [0.2, 0.25) is 0 Å². The van der Waals surface area contributed by atoms with E-state index in [0.717, 1.165) is 23.5 Å². The summed E-state index contributed by atoms with van der Waals surface area (Å²) in [5.74, 6) is 1.81. The van der Waals surface area contributed by atoms with Gasteiger partial charge in [0.25, 0.3) is 5.89 Å². The standard InChI is InChI=1S/C15H17N3O/c1-15(2)9-12(15)14-17-13(19-18-14)8-5-10-3-6-11(16)7-4-10/h3-8,12H,9,16H2,1-2H3/b8-5+. The maximum atomic E-state index is 5.64. The lowest BCUT2D eigenvalue weighted by Gasteiger charge is -1.95. The Balaban J connectivity index is 1.72. The zero-order valence-electron chi connectivity index (χ0n) is 11.1. The van der Waals surface area contributed by atoms with Gasteiger partial charge in [-0.05, 0) is 35.6 Å². The van der Waals surface area contributed by atoms with Crippen molar-refractivity contribution < 1.29 is 4.52 Å². The highest BCUT2D eigenvalue weighted by Crippen LogP contribution is 2.57. The van der Waals surface area contributed by atoms with E-state index in [2.05, 4.69) is 24.0 Å². The number of rotatable bonds is 3. The van der Waals surface area contributed by atoms with Crippen LogP contribution >= 0.6 is 0 Å². The van der Waals surface area contributed by atoms with Crippen molar-refractivity contribution in [3.8, 4) is 0 Å². The predicted octanol–water partition coefficient (Wildman–Crippen LogP) is 3.34. The van der Waals surface area contributed by atoms with E-state index in [1.54, 1.807) is 0 Å². The molecule has 3 rings (SSSR count). The third-order valence-electron chi connectivity index (χ3n) is 3.64. The van der Waals surface area contributed by atoms with Crippen LogP contribution in [-0.2, 0) is 0 Å². The molecule has 1 aromatic heterocycles. The first kappa shape index (κ1) is 12.0. The Labute approximate surface area is 112 Å². The molecule has 2 N–H and O–H groups in total. The van der Waals surface area contributed by atoms with E-state index >= 15 is 0 Å². The minimum atomic E-state index is 0.321. The van der Waals surface area contributed by atoms with Crippen LogP contribution in [0, 0.1) is 5.41 Å². The van der Waals surface area contributed by atoms with Gasteiger partial charge in [0.05, 0.1) is 0 Å². The number of hydrogen-bond acceptors (Lipinski definition) is 4. The fraction of sp³-hybridized carbons (Fsp3) is 0.333. The molecule has 98 valence electrons. The predicted molar refractivity (Wildman–Crippen MR) is 75.2 cm³/mol.